The van der Waals surface area contributed by atoms with Gasteiger partial charge in [0.15, 0.2) is 0 Å². The second-order valence-electron chi connectivity index (χ2n) is 6.88. The summed E-state index contributed by atoms with van der Waals surface area (Å²) in [5.74, 6) is 0.264. The molecule has 8 heteroatoms. The van der Waals surface area contributed by atoms with Crippen LogP contribution < -0.4 is 0 Å². The Morgan fingerprint density at radius 2 is 2.08 bits per heavy atom. The minimum atomic E-state index is -0.0505. The summed E-state index contributed by atoms with van der Waals surface area (Å²) in [6, 6.07) is 5.42. The van der Waals surface area contributed by atoms with Gasteiger partial charge in [0.25, 0.3) is 11.8 Å². The fourth-order valence-electron chi connectivity index (χ4n) is 3.88. The number of nitrogens with zero attached hydrogens (tertiary/aromatic N) is 5. The third kappa shape index (κ3) is 3.09. The lowest BCUT2D eigenvalue weighted by atomic mass is 9.95. The van der Waals surface area contributed by atoms with E-state index in [4.69, 9.17) is 0 Å². The number of fused-ring (bicyclic) bond motifs is 4. The number of hydrogen-bond donors (Lipinski definition) is 0. The Balaban J connectivity index is 1.55. The van der Waals surface area contributed by atoms with E-state index in [1.807, 2.05) is 22.8 Å². The average Bonchev–Trinajstić information content (AvgIpc) is 2.98. The second kappa shape index (κ2) is 7.11. The van der Waals surface area contributed by atoms with Crippen molar-refractivity contribution in [2.24, 2.45) is 5.92 Å². The zero-order chi connectivity index (χ0) is 18.1. The van der Waals surface area contributed by atoms with Crippen molar-refractivity contribution in [1.29, 1.82) is 0 Å². The maximum absolute atomic E-state index is 13.1. The largest absolute Gasteiger partial charge is 0.335 e. The minimum absolute atomic E-state index is 0.0127. The van der Waals surface area contributed by atoms with Crippen molar-refractivity contribution < 1.29 is 9.59 Å². The number of aromatic nitrogens is 3. The van der Waals surface area contributed by atoms with Gasteiger partial charge in [0.1, 0.15) is 10.6 Å². The topological polar surface area (TPSA) is 79.3 Å². The molecule has 2 bridgehead atoms. The molecule has 2 atom stereocenters. The molecule has 136 valence electrons. The SMILES string of the molecule is CCc1nnsc1C(=O)N1C[C@H]2CC[C@@H]1CN(C(=O)c1ccccn1)C2. The molecule has 2 aromatic rings. The van der Waals surface area contributed by atoms with E-state index in [9.17, 15) is 9.59 Å². The van der Waals surface area contributed by atoms with Crippen LogP contribution in [0.2, 0.25) is 0 Å². The van der Waals surface area contributed by atoms with E-state index in [0.29, 0.717) is 42.5 Å². The van der Waals surface area contributed by atoms with Crippen molar-refractivity contribution in [3.8, 4) is 0 Å². The fourth-order valence-corrected chi connectivity index (χ4v) is 4.59. The molecule has 26 heavy (non-hydrogen) atoms. The number of rotatable bonds is 3. The maximum atomic E-state index is 13.1. The number of pyridine rings is 1. The molecule has 0 saturated carbocycles. The number of hydrogen-bond acceptors (Lipinski definition) is 6. The van der Waals surface area contributed by atoms with E-state index in [-0.39, 0.29) is 17.9 Å². The number of carbonyl (C=O) groups is 2. The van der Waals surface area contributed by atoms with E-state index >= 15 is 0 Å². The maximum Gasteiger partial charge on any atom is 0.272 e. The molecule has 0 radical (unpaired) electrons. The van der Waals surface area contributed by atoms with Crippen molar-refractivity contribution in [2.45, 2.75) is 32.2 Å². The first-order chi connectivity index (χ1) is 12.7. The van der Waals surface area contributed by atoms with E-state index in [0.717, 1.165) is 18.5 Å². The van der Waals surface area contributed by atoms with Gasteiger partial charge >= 0.3 is 0 Å². The molecular weight excluding hydrogens is 350 g/mol. The molecule has 3 aliphatic rings. The molecule has 3 aliphatic heterocycles. The molecule has 0 N–H and O–H groups in total. The van der Waals surface area contributed by atoms with Gasteiger partial charge in [0.05, 0.1) is 5.69 Å². The predicted molar refractivity (Wildman–Crippen MR) is 97.0 cm³/mol. The Morgan fingerprint density at radius 1 is 1.19 bits per heavy atom. The molecule has 3 fully saturated rings. The lowest BCUT2D eigenvalue weighted by Gasteiger charge is -2.35. The first kappa shape index (κ1) is 17.1. The van der Waals surface area contributed by atoms with Gasteiger partial charge in [-0.25, -0.2) is 0 Å². The normalized spacial score (nSPS) is 22.3. The summed E-state index contributed by atoms with van der Waals surface area (Å²) in [7, 11) is 0. The summed E-state index contributed by atoms with van der Waals surface area (Å²) < 4.78 is 3.95. The Bertz CT molecular complexity index is 809. The second-order valence-corrected chi connectivity index (χ2v) is 7.64. The Morgan fingerprint density at radius 3 is 2.85 bits per heavy atom. The van der Waals surface area contributed by atoms with Crippen LogP contribution in [0.15, 0.2) is 24.4 Å². The smallest absolute Gasteiger partial charge is 0.272 e. The van der Waals surface area contributed by atoms with Gasteiger partial charge in [-0.3, -0.25) is 14.6 Å². The molecule has 3 saturated heterocycles. The van der Waals surface area contributed by atoms with Crippen LogP contribution in [0, 0.1) is 5.92 Å². The molecule has 2 aromatic heterocycles. The summed E-state index contributed by atoms with van der Waals surface area (Å²) in [6.45, 7) is 3.91. The van der Waals surface area contributed by atoms with E-state index < -0.39 is 0 Å². The van der Waals surface area contributed by atoms with Gasteiger partial charge in [-0.15, -0.1) is 5.10 Å². The van der Waals surface area contributed by atoms with Gasteiger partial charge in [0, 0.05) is 31.9 Å². The van der Waals surface area contributed by atoms with Crippen LogP contribution in [0.1, 0.15) is 45.6 Å². The number of aryl methyl sites for hydroxylation is 1. The van der Waals surface area contributed by atoms with Gasteiger partial charge in [0.2, 0.25) is 0 Å². The van der Waals surface area contributed by atoms with Crippen molar-refractivity contribution >= 4 is 23.3 Å². The van der Waals surface area contributed by atoms with Crippen LogP contribution in [0.4, 0.5) is 0 Å². The van der Waals surface area contributed by atoms with Crippen LogP contribution in [0.3, 0.4) is 0 Å². The van der Waals surface area contributed by atoms with Crippen LogP contribution in [0.5, 0.6) is 0 Å². The van der Waals surface area contributed by atoms with Crippen LogP contribution in [0.25, 0.3) is 0 Å². The lowest BCUT2D eigenvalue weighted by molar-refractivity contribution is 0.0577. The minimum Gasteiger partial charge on any atom is -0.335 e. The third-order valence-corrected chi connectivity index (χ3v) is 5.99. The molecule has 5 rings (SSSR count). The first-order valence-electron chi connectivity index (χ1n) is 9.00. The van der Waals surface area contributed by atoms with E-state index in [1.54, 1.807) is 18.3 Å². The number of carbonyl (C=O) groups excluding carboxylic acids is 2. The summed E-state index contributed by atoms with van der Waals surface area (Å²) in [5.41, 5.74) is 1.23. The van der Waals surface area contributed by atoms with Gasteiger partial charge < -0.3 is 9.80 Å². The molecular formula is C18H21N5O2S. The number of piperidine rings is 1. The number of amides is 2. The Kier molecular flexibility index (Phi) is 4.67. The monoisotopic (exact) mass is 371 g/mol. The quantitative estimate of drug-likeness (QED) is 0.823. The summed E-state index contributed by atoms with van der Waals surface area (Å²) >= 11 is 1.17. The zero-order valence-corrected chi connectivity index (χ0v) is 15.5. The van der Waals surface area contributed by atoms with Crippen LogP contribution >= 0.6 is 11.5 Å². The Labute approximate surface area is 156 Å². The average molecular weight is 371 g/mol. The molecule has 0 aliphatic carbocycles. The standard InChI is InChI=1S/C18H21N5O2S/c1-2-14-16(26-21-20-14)18(25)23-10-12-6-7-13(23)11-22(9-12)17(24)15-5-3-4-8-19-15/h3-5,8,12-13H,2,6-7,9-11H2,1H3/t12-,13+/m0/s1. The van der Waals surface area contributed by atoms with Gasteiger partial charge in [-0.2, -0.15) is 0 Å². The van der Waals surface area contributed by atoms with Gasteiger partial charge in [-0.05, 0) is 48.8 Å². The molecule has 0 aromatic carbocycles. The highest BCUT2D eigenvalue weighted by molar-refractivity contribution is 7.08. The van der Waals surface area contributed by atoms with Crippen LogP contribution in [-0.4, -0.2) is 61.9 Å². The zero-order valence-electron chi connectivity index (χ0n) is 14.7. The van der Waals surface area contributed by atoms with Crippen molar-refractivity contribution in [3.63, 3.8) is 0 Å². The van der Waals surface area contributed by atoms with Crippen molar-refractivity contribution in [3.05, 3.63) is 40.7 Å². The highest BCUT2D eigenvalue weighted by Gasteiger charge is 2.40. The molecule has 2 amide bonds. The highest BCUT2D eigenvalue weighted by atomic mass is 32.1. The van der Waals surface area contributed by atoms with E-state index in [1.165, 1.54) is 11.5 Å². The Hall–Kier alpha value is -2.35. The highest BCUT2D eigenvalue weighted by Crippen LogP contribution is 2.30. The van der Waals surface area contributed by atoms with Gasteiger partial charge in [-0.1, -0.05) is 17.5 Å². The molecule has 7 nitrogen and oxygen atoms in total. The summed E-state index contributed by atoms with van der Waals surface area (Å²) in [6.07, 6.45) is 4.31. The third-order valence-electron chi connectivity index (χ3n) is 5.23. The summed E-state index contributed by atoms with van der Waals surface area (Å²) in [4.78, 5) is 34.5. The summed E-state index contributed by atoms with van der Waals surface area (Å²) in [5, 5.41) is 4.07. The lowest BCUT2D eigenvalue weighted by Crippen LogP contribution is -2.47. The molecule has 0 spiro atoms. The van der Waals surface area contributed by atoms with Crippen molar-refractivity contribution in [1.82, 2.24) is 24.4 Å². The predicted octanol–water partition coefficient (Wildman–Crippen LogP) is 1.87. The fraction of sp³-hybridized carbons (Fsp3) is 0.500. The van der Waals surface area contributed by atoms with E-state index in [2.05, 4.69) is 14.6 Å². The molecule has 0 unspecified atom stereocenters. The first-order valence-corrected chi connectivity index (χ1v) is 9.77. The molecule has 5 heterocycles. The van der Waals surface area contributed by atoms with Crippen molar-refractivity contribution in [2.75, 3.05) is 19.6 Å². The van der Waals surface area contributed by atoms with Crippen LogP contribution in [-0.2, 0) is 6.42 Å².